The number of amides is 1. The Morgan fingerprint density at radius 1 is 1.13 bits per heavy atom. The van der Waals surface area contributed by atoms with Crippen LogP contribution < -0.4 is 9.62 Å². The highest BCUT2D eigenvalue weighted by atomic mass is 79.9. The fourth-order valence-corrected chi connectivity index (χ4v) is 5.84. The van der Waals surface area contributed by atoms with Gasteiger partial charge in [-0.15, -0.1) is 10.2 Å². The van der Waals surface area contributed by atoms with Gasteiger partial charge in [0.15, 0.2) is 4.34 Å². The molecule has 0 aliphatic carbocycles. The molecule has 0 spiro atoms. The molecule has 3 aromatic rings. The van der Waals surface area contributed by atoms with Gasteiger partial charge in [0.1, 0.15) is 6.54 Å². The van der Waals surface area contributed by atoms with Crippen molar-refractivity contribution in [2.45, 2.75) is 22.6 Å². The second-order valence-electron chi connectivity index (χ2n) is 6.07. The fourth-order valence-electron chi connectivity index (χ4n) is 2.44. The summed E-state index contributed by atoms with van der Waals surface area (Å²) in [6.07, 6.45) is 1.01. The van der Waals surface area contributed by atoms with Gasteiger partial charge in [0.2, 0.25) is 11.0 Å². The first-order valence-corrected chi connectivity index (χ1v) is 13.0. The molecule has 7 nitrogen and oxygen atoms in total. The third-order valence-electron chi connectivity index (χ3n) is 3.82. The Kier molecular flexibility index (Phi) is 7.87. The number of thioether (sulfide) groups is 1. The van der Waals surface area contributed by atoms with E-state index < -0.39 is 22.5 Å². The van der Waals surface area contributed by atoms with Gasteiger partial charge in [-0.25, -0.2) is 8.42 Å². The van der Waals surface area contributed by atoms with Crippen molar-refractivity contribution in [2.75, 3.05) is 21.9 Å². The lowest BCUT2D eigenvalue weighted by Crippen LogP contribution is -2.38. The highest BCUT2D eigenvalue weighted by molar-refractivity contribution is 9.10. The molecular formula is C19H19BrN4O3S3. The van der Waals surface area contributed by atoms with E-state index in [-0.39, 0.29) is 4.90 Å². The average Bonchev–Trinajstić information content (AvgIpc) is 3.19. The lowest BCUT2D eigenvalue weighted by molar-refractivity contribution is -0.114. The van der Waals surface area contributed by atoms with Crippen molar-refractivity contribution >= 4 is 65.8 Å². The van der Waals surface area contributed by atoms with Crippen molar-refractivity contribution < 1.29 is 13.2 Å². The summed E-state index contributed by atoms with van der Waals surface area (Å²) < 4.78 is 29.1. The van der Waals surface area contributed by atoms with Crippen LogP contribution in [0.1, 0.15) is 13.3 Å². The Morgan fingerprint density at radius 3 is 2.50 bits per heavy atom. The summed E-state index contributed by atoms with van der Waals surface area (Å²) in [7, 11) is -3.94. The minimum Gasteiger partial charge on any atom is -0.299 e. The zero-order valence-electron chi connectivity index (χ0n) is 16.0. The lowest BCUT2D eigenvalue weighted by atomic mass is 10.3. The molecule has 0 atom stereocenters. The van der Waals surface area contributed by atoms with E-state index in [0.717, 1.165) is 25.3 Å². The minimum absolute atomic E-state index is 0.106. The highest BCUT2D eigenvalue weighted by Crippen LogP contribution is 2.27. The number of nitrogens with one attached hydrogen (secondary N) is 1. The van der Waals surface area contributed by atoms with Crippen LogP contribution in [0.25, 0.3) is 0 Å². The van der Waals surface area contributed by atoms with E-state index in [2.05, 4.69) is 38.4 Å². The smallest absolute Gasteiger partial charge is 0.264 e. The molecule has 0 aliphatic rings. The van der Waals surface area contributed by atoms with Gasteiger partial charge in [0.25, 0.3) is 10.0 Å². The summed E-state index contributed by atoms with van der Waals surface area (Å²) >= 11 is 6.17. The largest absolute Gasteiger partial charge is 0.299 e. The molecule has 0 fully saturated rings. The van der Waals surface area contributed by atoms with Crippen molar-refractivity contribution in [3.05, 3.63) is 59.1 Å². The molecular weight excluding hydrogens is 508 g/mol. The Labute approximate surface area is 192 Å². The second kappa shape index (κ2) is 10.4. The number of benzene rings is 2. The summed E-state index contributed by atoms with van der Waals surface area (Å²) in [5.41, 5.74) is 0.383. The number of sulfonamides is 1. The molecule has 1 amide bonds. The van der Waals surface area contributed by atoms with Crippen LogP contribution in [0.15, 0.2) is 68.3 Å². The normalized spacial score (nSPS) is 11.3. The summed E-state index contributed by atoms with van der Waals surface area (Å²) in [5.74, 6) is 0.413. The number of halogens is 1. The number of carbonyl (C=O) groups excluding carboxylic acids is 1. The van der Waals surface area contributed by atoms with E-state index in [9.17, 15) is 13.2 Å². The molecule has 158 valence electrons. The molecule has 1 N–H and O–H groups in total. The Morgan fingerprint density at radius 2 is 1.83 bits per heavy atom. The summed E-state index contributed by atoms with van der Waals surface area (Å²) in [6.45, 7) is 1.68. The number of aromatic nitrogens is 2. The Balaban J connectivity index is 1.83. The lowest BCUT2D eigenvalue weighted by Gasteiger charge is -2.24. The van der Waals surface area contributed by atoms with Gasteiger partial charge in [0.05, 0.1) is 10.6 Å². The Bertz CT molecular complexity index is 1090. The average molecular weight is 527 g/mol. The van der Waals surface area contributed by atoms with Gasteiger partial charge < -0.3 is 0 Å². The summed E-state index contributed by atoms with van der Waals surface area (Å²) in [5, 5.41) is 11.0. The van der Waals surface area contributed by atoms with Gasteiger partial charge in [-0.2, -0.15) is 0 Å². The van der Waals surface area contributed by atoms with Gasteiger partial charge in [-0.1, -0.05) is 64.2 Å². The van der Waals surface area contributed by atoms with Crippen LogP contribution in [0.4, 0.5) is 10.8 Å². The molecule has 30 heavy (non-hydrogen) atoms. The van der Waals surface area contributed by atoms with Crippen LogP contribution in [-0.2, 0) is 14.8 Å². The van der Waals surface area contributed by atoms with Crippen LogP contribution in [0.3, 0.4) is 0 Å². The predicted octanol–water partition coefficient (Wildman–Crippen LogP) is 4.64. The van der Waals surface area contributed by atoms with Gasteiger partial charge in [-0.3, -0.25) is 14.4 Å². The van der Waals surface area contributed by atoms with Crippen LogP contribution >= 0.6 is 39.0 Å². The van der Waals surface area contributed by atoms with E-state index >= 15 is 0 Å². The quantitative estimate of drug-likeness (QED) is 0.322. The SMILES string of the molecule is CCCSc1nnc(NC(=O)CN(c2ccc(Br)cc2)S(=O)(=O)c2ccccc2)s1. The number of carbonyl (C=O) groups is 1. The molecule has 0 saturated heterocycles. The predicted molar refractivity (Wildman–Crippen MR) is 125 cm³/mol. The molecule has 1 heterocycles. The van der Waals surface area contributed by atoms with Crippen LogP contribution in [0.5, 0.6) is 0 Å². The fraction of sp³-hybridized carbons (Fsp3) is 0.211. The molecule has 0 saturated carbocycles. The van der Waals surface area contributed by atoms with Crippen LogP contribution in [0, 0.1) is 0 Å². The third-order valence-corrected chi connectivity index (χ3v) is 8.31. The number of anilines is 2. The van der Waals surface area contributed by atoms with Crippen molar-refractivity contribution in [3.63, 3.8) is 0 Å². The number of hydrogen-bond donors (Lipinski definition) is 1. The molecule has 0 unspecified atom stereocenters. The first kappa shape index (κ1) is 22.7. The van der Waals surface area contributed by atoms with E-state index in [1.165, 1.54) is 23.5 Å². The first-order chi connectivity index (χ1) is 14.4. The molecule has 1 aromatic heterocycles. The topological polar surface area (TPSA) is 92.3 Å². The van der Waals surface area contributed by atoms with Gasteiger partial charge >= 0.3 is 0 Å². The van der Waals surface area contributed by atoms with Crippen molar-refractivity contribution in [3.8, 4) is 0 Å². The second-order valence-corrected chi connectivity index (χ2v) is 11.2. The maximum Gasteiger partial charge on any atom is 0.264 e. The van der Waals surface area contributed by atoms with Crippen LogP contribution in [-0.4, -0.2) is 36.8 Å². The molecule has 0 bridgehead atoms. The first-order valence-electron chi connectivity index (χ1n) is 8.99. The van der Waals surface area contributed by atoms with E-state index in [1.54, 1.807) is 54.2 Å². The summed E-state index contributed by atoms with van der Waals surface area (Å²) in [6, 6.07) is 14.8. The zero-order valence-corrected chi connectivity index (χ0v) is 20.0. The third kappa shape index (κ3) is 5.81. The minimum atomic E-state index is -3.94. The Hall–Kier alpha value is -1.95. The highest BCUT2D eigenvalue weighted by Gasteiger charge is 2.27. The number of rotatable bonds is 9. The molecule has 11 heteroatoms. The summed E-state index contributed by atoms with van der Waals surface area (Å²) in [4.78, 5) is 12.8. The van der Waals surface area contributed by atoms with E-state index in [4.69, 9.17) is 0 Å². The monoisotopic (exact) mass is 526 g/mol. The molecule has 0 aliphatic heterocycles. The van der Waals surface area contributed by atoms with Crippen molar-refractivity contribution in [1.29, 1.82) is 0 Å². The molecule has 2 aromatic carbocycles. The number of hydrogen-bond acceptors (Lipinski definition) is 7. The standard InChI is InChI=1S/C19H19BrN4O3S3/c1-2-12-28-19-23-22-18(29-19)21-17(25)13-24(15-10-8-14(20)9-11-15)30(26,27)16-6-4-3-5-7-16/h3-11H,2,12-13H2,1H3,(H,21,22,25). The van der Waals surface area contributed by atoms with E-state index in [1.807, 2.05) is 0 Å². The number of nitrogens with zero attached hydrogens (tertiary/aromatic N) is 3. The molecule has 0 radical (unpaired) electrons. The maximum atomic E-state index is 13.2. The van der Waals surface area contributed by atoms with Crippen molar-refractivity contribution in [2.24, 2.45) is 0 Å². The zero-order chi connectivity index (χ0) is 21.6. The van der Waals surface area contributed by atoms with E-state index in [0.29, 0.717) is 10.8 Å². The van der Waals surface area contributed by atoms with Gasteiger partial charge in [-0.05, 0) is 42.8 Å². The van der Waals surface area contributed by atoms with Gasteiger partial charge in [0, 0.05) is 10.2 Å². The molecule has 3 rings (SSSR count). The van der Waals surface area contributed by atoms with Crippen molar-refractivity contribution in [1.82, 2.24) is 10.2 Å². The van der Waals surface area contributed by atoms with Crippen LogP contribution in [0.2, 0.25) is 0 Å². The maximum absolute atomic E-state index is 13.2.